The minimum Gasteiger partial charge on any atom is -0.309 e. The Hall–Kier alpha value is -1.60. The quantitative estimate of drug-likeness (QED) is 0.829. The standard InChI is InChI=1S/C20H27N/c1-14(2)11-17-7-6-8-18(13-17)20(21-5)19-10-9-15(3)16(4)12-19/h6-10,12-14,20-21H,11H2,1-5H3. The summed E-state index contributed by atoms with van der Waals surface area (Å²) >= 11 is 0. The van der Waals surface area contributed by atoms with Gasteiger partial charge < -0.3 is 5.32 Å². The van der Waals surface area contributed by atoms with E-state index in [4.69, 9.17) is 0 Å². The van der Waals surface area contributed by atoms with Gasteiger partial charge in [-0.1, -0.05) is 56.3 Å². The van der Waals surface area contributed by atoms with Gasteiger partial charge in [0.15, 0.2) is 0 Å². The lowest BCUT2D eigenvalue weighted by atomic mass is 9.93. The zero-order valence-corrected chi connectivity index (χ0v) is 13.9. The molecule has 1 unspecified atom stereocenters. The summed E-state index contributed by atoms with van der Waals surface area (Å²) in [5, 5.41) is 3.46. The molecule has 0 aliphatic heterocycles. The molecular weight excluding hydrogens is 254 g/mol. The summed E-state index contributed by atoms with van der Waals surface area (Å²) in [6.07, 6.45) is 1.14. The van der Waals surface area contributed by atoms with Crippen molar-refractivity contribution < 1.29 is 0 Å². The van der Waals surface area contributed by atoms with Crippen molar-refractivity contribution in [3.63, 3.8) is 0 Å². The maximum absolute atomic E-state index is 3.46. The van der Waals surface area contributed by atoms with Gasteiger partial charge in [-0.25, -0.2) is 0 Å². The topological polar surface area (TPSA) is 12.0 Å². The van der Waals surface area contributed by atoms with Crippen LogP contribution in [0.25, 0.3) is 0 Å². The predicted molar refractivity (Wildman–Crippen MR) is 91.8 cm³/mol. The number of nitrogens with one attached hydrogen (secondary N) is 1. The van der Waals surface area contributed by atoms with Crippen LogP contribution in [0.4, 0.5) is 0 Å². The van der Waals surface area contributed by atoms with Gasteiger partial charge in [0.2, 0.25) is 0 Å². The summed E-state index contributed by atoms with van der Waals surface area (Å²) < 4.78 is 0. The summed E-state index contributed by atoms with van der Waals surface area (Å²) in [4.78, 5) is 0. The molecule has 2 aromatic carbocycles. The Morgan fingerprint density at radius 3 is 2.24 bits per heavy atom. The van der Waals surface area contributed by atoms with Crippen molar-refractivity contribution in [3.05, 3.63) is 70.3 Å². The lowest BCUT2D eigenvalue weighted by Crippen LogP contribution is -2.18. The Kier molecular flexibility index (Phi) is 5.19. The minimum atomic E-state index is 0.261. The number of aryl methyl sites for hydroxylation is 2. The fourth-order valence-electron chi connectivity index (χ4n) is 2.84. The second kappa shape index (κ2) is 6.91. The van der Waals surface area contributed by atoms with E-state index in [2.05, 4.69) is 75.5 Å². The van der Waals surface area contributed by atoms with Crippen molar-refractivity contribution in [2.45, 2.75) is 40.2 Å². The van der Waals surface area contributed by atoms with Gasteiger partial charge in [-0.2, -0.15) is 0 Å². The van der Waals surface area contributed by atoms with Gasteiger partial charge in [0.05, 0.1) is 6.04 Å². The van der Waals surface area contributed by atoms with E-state index < -0.39 is 0 Å². The fraction of sp³-hybridized carbons (Fsp3) is 0.400. The molecule has 1 N–H and O–H groups in total. The maximum Gasteiger partial charge on any atom is 0.0574 e. The molecule has 21 heavy (non-hydrogen) atoms. The Morgan fingerprint density at radius 1 is 0.905 bits per heavy atom. The van der Waals surface area contributed by atoms with E-state index in [0.717, 1.165) is 6.42 Å². The Labute approximate surface area is 129 Å². The van der Waals surface area contributed by atoms with Gasteiger partial charge in [0, 0.05) is 0 Å². The molecule has 2 rings (SSSR count). The van der Waals surface area contributed by atoms with E-state index >= 15 is 0 Å². The van der Waals surface area contributed by atoms with Gasteiger partial charge in [0.1, 0.15) is 0 Å². The first-order valence-corrected chi connectivity index (χ1v) is 7.84. The highest BCUT2D eigenvalue weighted by Gasteiger charge is 2.13. The van der Waals surface area contributed by atoms with Crippen LogP contribution in [0.15, 0.2) is 42.5 Å². The van der Waals surface area contributed by atoms with Crippen LogP contribution in [-0.2, 0) is 6.42 Å². The molecule has 0 aromatic heterocycles. The zero-order chi connectivity index (χ0) is 15.4. The molecule has 0 aliphatic rings. The van der Waals surface area contributed by atoms with Crippen LogP contribution in [0.1, 0.15) is 47.7 Å². The molecule has 2 aromatic rings. The van der Waals surface area contributed by atoms with Crippen LogP contribution in [0.3, 0.4) is 0 Å². The first kappa shape index (κ1) is 15.8. The highest BCUT2D eigenvalue weighted by atomic mass is 14.9. The lowest BCUT2D eigenvalue weighted by molar-refractivity contribution is 0.643. The number of rotatable bonds is 5. The van der Waals surface area contributed by atoms with Gasteiger partial charge in [-0.05, 0) is 61.1 Å². The summed E-state index contributed by atoms with van der Waals surface area (Å²) in [6.45, 7) is 8.88. The summed E-state index contributed by atoms with van der Waals surface area (Å²) in [5.74, 6) is 0.690. The third-order valence-electron chi connectivity index (χ3n) is 4.08. The second-order valence-corrected chi connectivity index (χ2v) is 6.41. The van der Waals surface area contributed by atoms with Crippen molar-refractivity contribution >= 4 is 0 Å². The molecule has 0 saturated carbocycles. The van der Waals surface area contributed by atoms with Crippen molar-refractivity contribution in [1.82, 2.24) is 5.32 Å². The third-order valence-corrected chi connectivity index (χ3v) is 4.08. The van der Waals surface area contributed by atoms with Gasteiger partial charge in [0.25, 0.3) is 0 Å². The van der Waals surface area contributed by atoms with Crippen molar-refractivity contribution in [1.29, 1.82) is 0 Å². The summed E-state index contributed by atoms with van der Waals surface area (Å²) in [7, 11) is 2.04. The van der Waals surface area contributed by atoms with Crippen LogP contribution in [0, 0.1) is 19.8 Å². The highest BCUT2D eigenvalue weighted by molar-refractivity contribution is 5.38. The minimum absolute atomic E-state index is 0.261. The average molecular weight is 281 g/mol. The maximum atomic E-state index is 3.46. The molecule has 1 atom stereocenters. The van der Waals surface area contributed by atoms with Gasteiger partial charge in [-0.3, -0.25) is 0 Å². The molecule has 112 valence electrons. The monoisotopic (exact) mass is 281 g/mol. The first-order chi connectivity index (χ1) is 10.0. The highest BCUT2D eigenvalue weighted by Crippen LogP contribution is 2.25. The van der Waals surface area contributed by atoms with E-state index in [9.17, 15) is 0 Å². The van der Waals surface area contributed by atoms with Crippen LogP contribution in [-0.4, -0.2) is 7.05 Å². The predicted octanol–water partition coefficient (Wildman–Crippen LogP) is 4.81. The number of hydrogen-bond acceptors (Lipinski definition) is 1. The molecule has 0 spiro atoms. The molecular formula is C20H27N. The second-order valence-electron chi connectivity index (χ2n) is 6.41. The normalized spacial score (nSPS) is 12.7. The van der Waals surface area contributed by atoms with Crippen molar-refractivity contribution in [2.24, 2.45) is 5.92 Å². The Bertz CT molecular complexity index is 599. The number of benzene rings is 2. The van der Waals surface area contributed by atoms with Crippen molar-refractivity contribution in [2.75, 3.05) is 7.05 Å². The summed E-state index contributed by atoms with van der Waals surface area (Å²) in [6, 6.07) is 16.0. The van der Waals surface area contributed by atoms with Gasteiger partial charge >= 0.3 is 0 Å². The summed E-state index contributed by atoms with van der Waals surface area (Å²) in [5.41, 5.74) is 6.81. The molecule has 1 heteroatoms. The van der Waals surface area contributed by atoms with Crippen LogP contribution >= 0.6 is 0 Å². The molecule has 0 heterocycles. The largest absolute Gasteiger partial charge is 0.309 e. The first-order valence-electron chi connectivity index (χ1n) is 7.84. The third kappa shape index (κ3) is 3.95. The molecule has 0 saturated heterocycles. The van der Waals surface area contributed by atoms with Crippen molar-refractivity contribution in [3.8, 4) is 0 Å². The van der Waals surface area contributed by atoms with E-state index in [1.165, 1.54) is 27.8 Å². The smallest absolute Gasteiger partial charge is 0.0574 e. The molecule has 0 aliphatic carbocycles. The molecule has 1 nitrogen and oxygen atoms in total. The molecule has 0 amide bonds. The molecule has 0 bridgehead atoms. The molecule has 0 fully saturated rings. The van der Waals surface area contributed by atoms with Crippen LogP contribution in [0.5, 0.6) is 0 Å². The van der Waals surface area contributed by atoms with E-state index in [1.807, 2.05) is 7.05 Å². The van der Waals surface area contributed by atoms with Crippen LogP contribution < -0.4 is 5.32 Å². The van der Waals surface area contributed by atoms with Gasteiger partial charge in [-0.15, -0.1) is 0 Å². The zero-order valence-electron chi connectivity index (χ0n) is 13.9. The molecule has 0 radical (unpaired) electrons. The average Bonchev–Trinajstić information content (AvgIpc) is 2.43. The Morgan fingerprint density at radius 2 is 1.62 bits per heavy atom. The fourth-order valence-corrected chi connectivity index (χ4v) is 2.84. The van der Waals surface area contributed by atoms with E-state index in [1.54, 1.807) is 0 Å². The van der Waals surface area contributed by atoms with Crippen LogP contribution in [0.2, 0.25) is 0 Å². The Balaban J connectivity index is 2.34. The van der Waals surface area contributed by atoms with E-state index in [0.29, 0.717) is 5.92 Å². The SMILES string of the molecule is CNC(c1cccc(CC(C)C)c1)c1ccc(C)c(C)c1. The number of hydrogen-bond donors (Lipinski definition) is 1. The van der Waals surface area contributed by atoms with E-state index in [-0.39, 0.29) is 6.04 Å². The lowest BCUT2D eigenvalue weighted by Gasteiger charge is -2.19.